The first-order chi connectivity index (χ1) is 9.88. The Hall–Kier alpha value is -2.08. The van der Waals surface area contributed by atoms with E-state index in [4.69, 9.17) is 5.73 Å². The van der Waals surface area contributed by atoms with Crippen LogP contribution in [0.2, 0.25) is 0 Å². The number of halogens is 2. The molecule has 0 aromatic heterocycles. The van der Waals surface area contributed by atoms with Gasteiger partial charge in [0.25, 0.3) is 5.91 Å². The summed E-state index contributed by atoms with van der Waals surface area (Å²) in [7, 11) is 3.35. The summed E-state index contributed by atoms with van der Waals surface area (Å²) in [6, 6.07) is 9.62. The maximum atomic E-state index is 13.5. The minimum atomic E-state index is -0.376. The van der Waals surface area contributed by atoms with E-state index in [0.717, 1.165) is 0 Å². The molecular formula is C15H15BrFN3O. The van der Waals surface area contributed by atoms with Gasteiger partial charge in [-0.15, -0.1) is 0 Å². The van der Waals surface area contributed by atoms with Crippen LogP contribution in [-0.4, -0.2) is 24.9 Å². The molecule has 4 nitrogen and oxygen atoms in total. The molecule has 3 N–H and O–H groups in total. The average Bonchev–Trinajstić information content (AvgIpc) is 2.44. The molecule has 0 aliphatic heterocycles. The molecular weight excluding hydrogens is 337 g/mol. The summed E-state index contributed by atoms with van der Waals surface area (Å²) in [4.78, 5) is 13.4. The molecule has 1 amide bonds. The highest BCUT2D eigenvalue weighted by atomic mass is 79.9. The third-order valence-corrected chi connectivity index (χ3v) is 3.55. The third-order valence-electron chi connectivity index (χ3n) is 2.91. The number of benzene rings is 2. The maximum Gasteiger partial charge on any atom is 0.253 e. The summed E-state index contributed by atoms with van der Waals surface area (Å²) in [5.41, 5.74) is 7.99. The van der Waals surface area contributed by atoms with E-state index in [1.54, 1.807) is 44.4 Å². The molecule has 0 saturated heterocycles. The fourth-order valence-corrected chi connectivity index (χ4v) is 2.03. The van der Waals surface area contributed by atoms with Crippen LogP contribution in [0.3, 0.4) is 0 Å². The van der Waals surface area contributed by atoms with Gasteiger partial charge in [-0.25, -0.2) is 4.39 Å². The maximum absolute atomic E-state index is 13.5. The first-order valence-corrected chi connectivity index (χ1v) is 7.01. The third kappa shape index (κ3) is 3.52. The number of hydrogen-bond donors (Lipinski definition) is 2. The smallest absolute Gasteiger partial charge is 0.253 e. The van der Waals surface area contributed by atoms with Crippen LogP contribution in [0.15, 0.2) is 40.9 Å². The average molecular weight is 352 g/mol. The fraction of sp³-hybridized carbons (Fsp3) is 0.133. The summed E-state index contributed by atoms with van der Waals surface area (Å²) in [6.07, 6.45) is 0. The van der Waals surface area contributed by atoms with Gasteiger partial charge in [-0.3, -0.25) is 4.79 Å². The van der Waals surface area contributed by atoms with Gasteiger partial charge in [-0.05, 0) is 52.3 Å². The molecule has 0 radical (unpaired) electrons. The molecule has 2 aromatic carbocycles. The fourth-order valence-electron chi connectivity index (χ4n) is 1.79. The van der Waals surface area contributed by atoms with Crippen molar-refractivity contribution in [3.63, 3.8) is 0 Å². The number of nitrogens with one attached hydrogen (secondary N) is 1. The number of nitrogen functional groups attached to an aromatic ring is 1. The van der Waals surface area contributed by atoms with Crippen molar-refractivity contribution in [1.82, 2.24) is 4.90 Å². The van der Waals surface area contributed by atoms with Crippen molar-refractivity contribution in [3.05, 3.63) is 52.3 Å². The monoisotopic (exact) mass is 351 g/mol. The van der Waals surface area contributed by atoms with E-state index < -0.39 is 0 Å². The lowest BCUT2D eigenvalue weighted by atomic mass is 10.1. The molecule has 0 spiro atoms. The quantitative estimate of drug-likeness (QED) is 0.830. The zero-order chi connectivity index (χ0) is 15.6. The minimum Gasteiger partial charge on any atom is -0.397 e. The number of rotatable bonds is 3. The molecule has 0 bridgehead atoms. The summed E-state index contributed by atoms with van der Waals surface area (Å²) < 4.78 is 13.9. The largest absolute Gasteiger partial charge is 0.397 e. The number of nitrogens with two attached hydrogens (primary N) is 1. The molecule has 2 aromatic rings. The summed E-state index contributed by atoms with van der Waals surface area (Å²) >= 11 is 3.10. The van der Waals surface area contributed by atoms with E-state index in [0.29, 0.717) is 27.1 Å². The van der Waals surface area contributed by atoms with Gasteiger partial charge >= 0.3 is 0 Å². The van der Waals surface area contributed by atoms with Crippen molar-refractivity contribution in [2.24, 2.45) is 0 Å². The molecule has 2 rings (SSSR count). The predicted molar refractivity (Wildman–Crippen MR) is 86.3 cm³/mol. The van der Waals surface area contributed by atoms with Gasteiger partial charge in [0, 0.05) is 25.3 Å². The Morgan fingerprint density at radius 3 is 2.57 bits per heavy atom. The number of nitrogens with zero attached hydrogens (tertiary/aromatic N) is 1. The second-order valence-corrected chi connectivity index (χ2v) is 5.61. The van der Waals surface area contributed by atoms with Gasteiger partial charge in [-0.1, -0.05) is 0 Å². The minimum absolute atomic E-state index is 0.125. The van der Waals surface area contributed by atoms with Crippen LogP contribution in [0.5, 0.6) is 0 Å². The van der Waals surface area contributed by atoms with Crippen LogP contribution in [0, 0.1) is 5.82 Å². The van der Waals surface area contributed by atoms with E-state index in [1.165, 1.54) is 11.0 Å². The van der Waals surface area contributed by atoms with Crippen molar-refractivity contribution >= 4 is 38.9 Å². The summed E-state index contributed by atoms with van der Waals surface area (Å²) in [6.45, 7) is 0. The Labute approximate surface area is 130 Å². The van der Waals surface area contributed by atoms with Crippen molar-refractivity contribution < 1.29 is 9.18 Å². The summed E-state index contributed by atoms with van der Waals surface area (Å²) in [5.74, 6) is -0.501. The van der Waals surface area contributed by atoms with Crippen LogP contribution < -0.4 is 11.1 Å². The molecule has 0 fully saturated rings. The molecule has 0 unspecified atom stereocenters. The SMILES string of the molecule is CN(C)C(=O)c1ccc(N)c(Nc2ccc(Br)c(F)c2)c1. The lowest BCUT2D eigenvalue weighted by Crippen LogP contribution is -2.21. The van der Waals surface area contributed by atoms with Crippen molar-refractivity contribution in [2.75, 3.05) is 25.1 Å². The Bertz CT molecular complexity index is 689. The molecule has 6 heteroatoms. The topological polar surface area (TPSA) is 58.4 Å². The van der Waals surface area contributed by atoms with Crippen molar-refractivity contribution in [2.45, 2.75) is 0 Å². The number of amides is 1. The lowest BCUT2D eigenvalue weighted by Gasteiger charge is -2.14. The van der Waals surface area contributed by atoms with E-state index in [-0.39, 0.29) is 11.7 Å². The van der Waals surface area contributed by atoms with Crippen molar-refractivity contribution in [3.8, 4) is 0 Å². The van der Waals surface area contributed by atoms with Crippen molar-refractivity contribution in [1.29, 1.82) is 0 Å². The van der Waals surface area contributed by atoms with Gasteiger partial charge in [0.1, 0.15) is 5.82 Å². The van der Waals surface area contributed by atoms with Gasteiger partial charge in [0.2, 0.25) is 0 Å². The van der Waals surface area contributed by atoms with Gasteiger partial charge in [0.05, 0.1) is 15.8 Å². The van der Waals surface area contributed by atoms with E-state index in [1.807, 2.05) is 0 Å². The molecule has 0 aliphatic rings. The number of hydrogen-bond acceptors (Lipinski definition) is 3. The summed E-state index contributed by atoms with van der Waals surface area (Å²) in [5, 5.41) is 3.02. The molecule has 0 saturated carbocycles. The molecule has 0 aliphatic carbocycles. The van der Waals surface area contributed by atoms with Crippen LogP contribution in [0.25, 0.3) is 0 Å². The highest BCUT2D eigenvalue weighted by Gasteiger charge is 2.11. The Morgan fingerprint density at radius 2 is 1.95 bits per heavy atom. The lowest BCUT2D eigenvalue weighted by molar-refractivity contribution is 0.0827. The van der Waals surface area contributed by atoms with Crippen LogP contribution in [0.4, 0.5) is 21.5 Å². The standard InChI is InChI=1S/C15H15BrFN3O/c1-20(2)15(21)9-3-6-13(18)14(7-9)19-10-4-5-11(16)12(17)8-10/h3-8,19H,18H2,1-2H3. The molecule has 110 valence electrons. The molecule has 0 heterocycles. The van der Waals surface area contributed by atoms with E-state index >= 15 is 0 Å². The van der Waals surface area contributed by atoms with Gasteiger partial charge in [-0.2, -0.15) is 0 Å². The number of carbonyl (C=O) groups excluding carboxylic acids is 1. The van der Waals surface area contributed by atoms with Gasteiger partial charge in [0.15, 0.2) is 0 Å². The first-order valence-electron chi connectivity index (χ1n) is 6.21. The zero-order valence-electron chi connectivity index (χ0n) is 11.7. The normalized spacial score (nSPS) is 10.3. The second kappa shape index (κ2) is 6.13. The van der Waals surface area contributed by atoms with Gasteiger partial charge < -0.3 is 16.0 Å². The van der Waals surface area contributed by atoms with Crippen LogP contribution in [-0.2, 0) is 0 Å². The number of anilines is 3. The zero-order valence-corrected chi connectivity index (χ0v) is 13.2. The van der Waals surface area contributed by atoms with Crippen LogP contribution in [0.1, 0.15) is 10.4 Å². The molecule has 21 heavy (non-hydrogen) atoms. The Balaban J connectivity index is 2.32. The highest BCUT2D eigenvalue weighted by Crippen LogP contribution is 2.27. The van der Waals surface area contributed by atoms with E-state index in [9.17, 15) is 9.18 Å². The molecule has 0 atom stereocenters. The predicted octanol–water partition coefficient (Wildman–Crippen LogP) is 3.62. The van der Waals surface area contributed by atoms with E-state index in [2.05, 4.69) is 21.2 Å². The second-order valence-electron chi connectivity index (χ2n) is 4.76. The number of carbonyl (C=O) groups is 1. The Kier molecular flexibility index (Phi) is 4.47. The highest BCUT2D eigenvalue weighted by molar-refractivity contribution is 9.10. The van der Waals surface area contributed by atoms with Crippen LogP contribution >= 0.6 is 15.9 Å². The first kappa shape index (κ1) is 15.3. The Morgan fingerprint density at radius 1 is 1.24 bits per heavy atom.